The third-order valence-corrected chi connectivity index (χ3v) is 4.14. The molecule has 0 unspecified atom stereocenters. The SMILES string of the molecule is COCc1cc(NC(=O)N(C2CCCC2)C2CC2)ncn1. The van der Waals surface area contributed by atoms with Gasteiger partial charge in [0.25, 0.3) is 0 Å². The second-order valence-electron chi connectivity index (χ2n) is 5.83. The molecule has 2 aliphatic carbocycles. The predicted octanol–water partition coefficient (Wildman–Crippen LogP) is 2.56. The third-order valence-electron chi connectivity index (χ3n) is 4.14. The van der Waals surface area contributed by atoms with E-state index in [4.69, 9.17) is 4.74 Å². The monoisotopic (exact) mass is 290 g/mol. The molecule has 2 amide bonds. The van der Waals surface area contributed by atoms with Gasteiger partial charge in [0.2, 0.25) is 0 Å². The van der Waals surface area contributed by atoms with Crippen molar-refractivity contribution in [2.75, 3.05) is 12.4 Å². The minimum atomic E-state index is -0.0218. The van der Waals surface area contributed by atoms with Crippen molar-refractivity contribution in [3.63, 3.8) is 0 Å². The molecule has 2 saturated carbocycles. The smallest absolute Gasteiger partial charge is 0.323 e. The van der Waals surface area contributed by atoms with Gasteiger partial charge in [-0.3, -0.25) is 5.32 Å². The molecule has 0 bridgehead atoms. The maximum atomic E-state index is 12.6. The Morgan fingerprint density at radius 1 is 1.29 bits per heavy atom. The summed E-state index contributed by atoms with van der Waals surface area (Å²) >= 11 is 0. The lowest BCUT2D eigenvalue weighted by Gasteiger charge is -2.29. The van der Waals surface area contributed by atoms with Gasteiger partial charge in [0.1, 0.15) is 12.1 Å². The highest BCUT2D eigenvalue weighted by atomic mass is 16.5. The molecule has 1 aromatic heterocycles. The summed E-state index contributed by atoms with van der Waals surface area (Å²) < 4.78 is 5.05. The van der Waals surface area contributed by atoms with Gasteiger partial charge in [0.05, 0.1) is 12.3 Å². The first kappa shape index (κ1) is 14.3. The third kappa shape index (κ3) is 3.50. The van der Waals surface area contributed by atoms with Gasteiger partial charge in [-0.15, -0.1) is 0 Å². The average Bonchev–Trinajstić information content (AvgIpc) is 3.14. The molecular formula is C15H22N4O2. The van der Waals surface area contributed by atoms with Crippen LogP contribution in [0.3, 0.4) is 0 Å². The Morgan fingerprint density at radius 2 is 2.00 bits per heavy atom. The number of anilines is 1. The highest BCUT2D eigenvalue weighted by molar-refractivity contribution is 5.89. The van der Waals surface area contributed by atoms with Crippen LogP contribution in [0.4, 0.5) is 10.6 Å². The zero-order valence-electron chi connectivity index (χ0n) is 12.4. The number of amides is 2. The van der Waals surface area contributed by atoms with Gasteiger partial charge in [-0.05, 0) is 25.7 Å². The molecule has 0 radical (unpaired) electrons. The fraction of sp³-hybridized carbons (Fsp3) is 0.667. The van der Waals surface area contributed by atoms with E-state index in [0.717, 1.165) is 31.4 Å². The highest BCUT2D eigenvalue weighted by Crippen LogP contribution is 2.34. The summed E-state index contributed by atoms with van der Waals surface area (Å²) in [6, 6.07) is 2.57. The number of aromatic nitrogens is 2. The first-order valence-electron chi connectivity index (χ1n) is 7.67. The normalized spacial score (nSPS) is 18.7. The Kier molecular flexibility index (Phi) is 4.34. The van der Waals surface area contributed by atoms with Crippen molar-refractivity contribution in [2.45, 2.75) is 57.2 Å². The topological polar surface area (TPSA) is 67.3 Å². The minimum Gasteiger partial charge on any atom is -0.378 e. The van der Waals surface area contributed by atoms with E-state index < -0.39 is 0 Å². The molecule has 1 N–H and O–H groups in total. The molecule has 21 heavy (non-hydrogen) atoms. The van der Waals surface area contributed by atoms with Crippen molar-refractivity contribution >= 4 is 11.8 Å². The molecule has 0 spiro atoms. The van der Waals surface area contributed by atoms with Crippen molar-refractivity contribution in [3.05, 3.63) is 18.1 Å². The first-order valence-corrected chi connectivity index (χ1v) is 7.67. The van der Waals surface area contributed by atoms with Crippen LogP contribution >= 0.6 is 0 Å². The Hall–Kier alpha value is -1.69. The highest BCUT2D eigenvalue weighted by Gasteiger charge is 2.38. The Bertz CT molecular complexity index is 498. The summed E-state index contributed by atoms with van der Waals surface area (Å²) in [5.74, 6) is 0.547. The lowest BCUT2D eigenvalue weighted by atomic mass is 10.2. The van der Waals surface area contributed by atoms with Crippen LogP contribution in [0.25, 0.3) is 0 Å². The van der Waals surface area contributed by atoms with E-state index in [1.807, 2.05) is 4.90 Å². The van der Waals surface area contributed by atoms with Crippen molar-refractivity contribution in [2.24, 2.45) is 0 Å². The molecule has 0 aromatic carbocycles. The summed E-state index contributed by atoms with van der Waals surface area (Å²) in [7, 11) is 1.62. The van der Waals surface area contributed by atoms with Gasteiger partial charge in [-0.25, -0.2) is 14.8 Å². The van der Waals surface area contributed by atoms with E-state index in [2.05, 4.69) is 15.3 Å². The Balaban J connectivity index is 1.67. The van der Waals surface area contributed by atoms with Crippen LogP contribution in [-0.2, 0) is 11.3 Å². The lowest BCUT2D eigenvalue weighted by Crippen LogP contribution is -2.43. The number of rotatable bonds is 5. The zero-order valence-corrected chi connectivity index (χ0v) is 12.4. The number of hydrogen-bond donors (Lipinski definition) is 1. The van der Waals surface area contributed by atoms with Crippen LogP contribution in [0, 0.1) is 0 Å². The predicted molar refractivity (Wildman–Crippen MR) is 78.9 cm³/mol. The quantitative estimate of drug-likeness (QED) is 0.905. The van der Waals surface area contributed by atoms with Crippen LogP contribution in [0.15, 0.2) is 12.4 Å². The molecule has 6 nitrogen and oxygen atoms in total. The van der Waals surface area contributed by atoms with Crippen molar-refractivity contribution in [1.82, 2.24) is 14.9 Å². The molecule has 0 atom stereocenters. The van der Waals surface area contributed by atoms with Crippen LogP contribution in [0.5, 0.6) is 0 Å². The maximum absolute atomic E-state index is 12.6. The maximum Gasteiger partial charge on any atom is 0.323 e. The number of urea groups is 1. The fourth-order valence-electron chi connectivity index (χ4n) is 3.03. The standard InChI is InChI=1S/C15H22N4O2/c1-21-9-11-8-14(17-10-16-11)18-15(20)19(13-6-7-13)12-4-2-3-5-12/h8,10,12-13H,2-7,9H2,1H3,(H,16,17,18,20). The van der Waals surface area contributed by atoms with Crippen LogP contribution in [0.1, 0.15) is 44.2 Å². The molecule has 3 rings (SSSR count). The number of carbonyl (C=O) groups excluding carboxylic acids is 1. The van der Waals surface area contributed by atoms with Crippen molar-refractivity contribution in [1.29, 1.82) is 0 Å². The minimum absolute atomic E-state index is 0.0218. The van der Waals surface area contributed by atoms with Gasteiger partial charge < -0.3 is 9.64 Å². The van der Waals surface area contributed by atoms with Gasteiger partial charge >= 0.3 is 6.03 Å². The molecule has 0 aliphatic heterocycles. The van der Waals surface area contributed by atoms with Gasteiger partial charge in [0.15, 0.2) is 0 Å². The lowest BCUT2D eigenvalue weighted by molar-refractivity contribution is 0.181. The summed E-state index contributed by atoms with van der Waals surface area (Å²) in [6.07, 6.45) is 8.43. The summed E-state index contributed by atoms with van der Waals surface area (Å²) in [4.78, 5) is 22.9. The van der Waals surface area contributed by atoms with Gasteiger partial charge in [-0.2, -0.15) is 0 Å². The zero-order chi connectivity index (χ0) is 14.7. The van der Waals surface area contributed by atoms with E-state index >= 15 is 0 Å². The second kappa shape index (κ2) is 6.39. The number of ether oxygens (including phenoxy) is 1. The average molecular weight is 290 g/mol. The molecule has 6 heteroatoms. The van der Waals surface area contributed by atoms with Crippen molar-refractivity contribution < 1.29 is 9.53 Å². The summed E-state index contributed by atoms with van der Waals surface area (Å²) in [5.41, 5.74) is 0.765. The Labute approximate surface area is 124 Å². The van der Waals surface area contributed by atoms with Crippen LogP contribution in [0.2, 0.25) is 0 Å². The summed E-state index contributed by atoms with van der Waals surface area (Å²) in [6.45, 7) is 0.417. The number of nitrogens with one attached hydrogen (secondary N) is 1. The number of methoxy groups -OCH3 is 1. The van der Waals surface area contributed by atoms with E-state index in [1.54, 1.807) is 13.2 Å². The van der Waals surface area contributed by atoms with Gasteiger partial charge in [0, 0.05) is 25.3 Å². The van der Waals surface area contributed by atoms with Gasteiger partial charge in [-0.1, -0.05) is 12.8 Å². The molecule has 2 fully saturated rings. The Morgan fingerprint density at radius 3 is 2.67 bits per heavy atom. The number of carbonyl (C=O) groups is 1. The van der Waals surface area contributed by atoms with Crippen LogP contribution in [-0.4, -0.2) is 40.1 Å². The molecule has 1 heterocycles. The van der Waals surface area contributed by atoms with E-state index in [1.165, 1.54) is 19.2 Å². The molecular weight excluding hydrogens is 268 g/mol. The molecule has 1 aromatic rings. The molecule has 2 aliphatic rings. The first-order chi connectivity index (χ1) is 10.3. The van der Waals surface area contributed by atoms with E-state index in [-0.39, 0.29) is 6.03 Å². The number of hydrogen-bond acceptors (Lipinski definition) is 4. The van der Waals surface area contributed by atoms with Crippen LogP contribution < -0.4 is 5.32 Å². The molecule has 114 valence electrons. The fourth-order valence-corrected chi connectivity index (χ4v) is 3.03. The van der Waals surface area contributed by atoms with E-state index in [0.29, 0.717) is 24.5 Å². The summed E-state index contributed by atoms with van der Waals surface area (Å²) in [5, 5.41) is 2.92. The second-order valence-corrected chi connectivity index (χ2v) is 5.83. The van der Waals surface area contributed by atoms with Crippen molar-refractivity contribution in [3.8, 4) is 0 Å². The number of nitrogens with zero attached hydrogens (tertiary/aromatic N) is 3. The van der Waals surface area contributed by atoms with E-state index in [9.17, 15) is 4.79 Å². The molecule has 0 saturated heterocycles. The largest absolute Gasteiger partial charge is 0.378 e.